The quantitative estimate of drug-likeness (QED) is 0.272. The van der Waals surface area contributed by atoms with Crippen LogP contribution in [0.1, 0.15) is 27.0 Å². The Balaban J connectivity index is 1.38. The van der Waals surface area contributed by atoms with E-state index in [0.717, 1.165) is 12.1 Å². The molecule has 0 aliphatic rings. The zero-order chi connectivity index (χ0) is 28.0. The molecule has 0 aliphatic heterocycles. The number of benzene rings is 4. The number of amides is 1. The van der Waals surface area contributed by atoms with Crippen molar-refractivity contribution in [3.8, 4) is 28.7 Å². The van der Waals surface area contributed by atoms with Gasteiger partial charge in [-0.25, -0.2) is 4.79 Å². The van der Waals surface area contributed by atoms with Gasteiger partial charge in [-0.3, -0.25) is 4.79 Å². The lowest BCUT2D eigenvalue weighted by atomic mass is 10.0. The third-order valence-corrected chi connectivity index (χ3v) is 5.88. The molecule has 0 heterocycles. The van der Waals surface area contributed by atoms with Gasteiger partial charge in [0.1, 0.15) is 17.5 Å². The Labute approximate surface area is 221 Å². The summed E-state index contributed by atoms with van der Waals surface area (Å²) in [5, 5.41) is 21.0. The Morgan fingerprint density at radius 2 is 1.33 bits per heavy atom. The van der Waals surface area contributed by atoms with Gasteiger partial charge in [-0.05, 0) is 77.4 Å². The average Bonchev–Trinajstić information content (AvgIpc) is 2.93. The summed E-state index contributed by atoms with van der Waals surface area (Å²) >= 11 is 0. The number of hydrogen-bond acceptors (Lipinski definition) is 4. The molecule has 1 amide bonds. The summed E-state index contributed by atoms with van der Waals surface area (Å²) in [7, 11) is 0. The van der Waals surface area contributed by atoms with Gasteiger partial charge in [0.2, 0.25) is 0 Å². The first-order valence-electron chi connectivity index (χ1n) is 11.7. The van der Waals surface area contributed by atoms with Gasteiger partial charge in [0, 0.05) is 12.0 Å². The number of nitriles is 1. The van der Waals surface area contributed by atoms with Crippen molar-refractivity contribution in [2.45, 2.75) is 18.6 Å². The SMILES string of the molecule is N#Cc1ccc(Oc2ccc(CC(NC(=O)c3ccc(-c4ccc(C(F)(F)F)cc4)cc3)C(=O)O)cc2)cc1. The molecule has 0 saturated heterocycles. The number of halogens is 3. The Morgan fingerprint density at radius 3 is 1.82 bits per heavy atom. The highest BCUT2D eigenvalue weighted by molar-refractivity contribution is 5.97. The maximum Gasteiger partial charge on any atom is 0.416 e. The number of nitrogens with zero attached hydrogens (tertiary/aromatic N) is 1. The van der Waals surface area contributed by atoms with E-state index in [-0.39, 0.29) is 12.0 Å². The van der Waals surface area contributed by atoms with Gasteiger partial charge in [0.25, 0.3) is 5.91 Å². The number of carbonyl (C=O) groups is 2. The molecule has 6 nitrogen and oxygen atoms in total. The van der Waals surface area contributed by atoms with Crippen LogP contribution in [-0.4, -0.2) is 23.0 Å². The molecule has 1 unspecified atom stereocenters. The molecule has 4 rings (SSSR count). The lowest BCUT2D eigenvalue weighted by molar-refractivity contribution is -0.139. The van der Waals surface area contributed by atoms with Crippen molar-refractivity contribution in [2.24, 2.45) is 0 Å². The molecular formula is C30H21F3N2O4. The second kappa shape index (κ2) is 11.5. The number of carboxylic acids is 1. The topological polar surface area (TPSA) is 99.4 Å². The predicted molar refractivity (Wildman–Crippen MR) is 137 cm³/mol. The van der Waals surface area contributed by atoms with Gasteiger partial charge in [0.05, 0.1) is 17.2 Å². The van der Waals surface area contributed by atoms with Crippen molar-refractivity contribution >= 4 is 11.9 Å². The van der Waals surface area contributed by atoms with Crippen LogP contribution >= 0.6 is 0 Å². The monoisotopic (exact) mass is 530 g/mol. The molecule has 2 N–H and O–H groups in total. The molecule has 0 spiro atoms. The number of carboxylic acid groups (broad SMARTS) is 1. The van der Waals surface area contributed by atoms with Crippen LogP contribution in [0.2, 0.25) is 0 Å². The number of hydrogen-bond donors (Lipinski definition) is 2. The molecule has 9 heteroatoms. The van der Waals surface area contributed by atoms with Gasteiger partial charge >= 0.3 is 12.1 Å². The van der Waals surface area contributed by atoms with Crippen LogP contribution < -0.4 is 10.1 Å². The highest BCUT2D eigenvalue weighted by Gasteiger charge is 2.30. The number of alkyl halides is 3. The molecular weight excluding hydrogens is 509 g/mol. The van der Waals surface area contributed by atoms with Gasteiger partial charge in [-0.15, -0.1) is 0 Å². The minimum absolute atomic E-state index is 0.0296. The zero-order valence-corrected chi connectivity index (χ0v) is 20.3. The van der Waals surface area contributed by atoms with Crippen molar-refractivity contribution < 1.29 is 32.6 Å². The Kier molecular flexibility index (Phi) is 7.96. The Hall–Kier alpha value is -5.10. The lowest BCUT2D eigenvalue weighted by Crippen LogP contribution is -2.42. The molecule has 4 aromatic carbocycles. The minimum atomic E-state index is -4.43. The van der Waals surface area contributed by atoms with Crippen molar-refractivity contribution in [2.75, 3.05) is 0 Å². The zero-order valence-electron chi connectivity index (χ0n) is 20.3. The number of ether oxygens (including phenoxy) is 1. The normalized spacial score (nSPS) is 11.7. The van der Waals surface area contributed by atoms with E-state index in [2.05, 4.69) is 5.32 Å². The maximum absolute atomic E-state index is 12.8. The van der Waals surface area contributed by atoms with Crippen LogP contribution in [0, 0.1) is 11.3 Å². The van der Waals surface area contributed by atoms with E-state index < -0.39 is 29.7 Å². The summed E-state index contributed by atoms with van der Waals surface area (Å²) in [5.74, 6) is -0.737. The molecule has 0 radical (unpaired) electrons. The molecule has 0 bridgehead atoms. The highest BCUT2D eigenvalue weighted by Crippen LogP contribution is 2.31. The summed E-state index contributed by atoms with van der Waals surface area (Å²) in [4.78, 5) is 24.5. The fourth-order valence-corrected chi connectivity index (χ4v) is 3.77. The van der Waals surface area contributed by atoms with Crippen LogP contribution in [0.3, 0.4) is 0 Å². The first-order chi connectivity index (χ1) is 18.6. The summed E-state index contributed by atoms with van der Waals surface area (Å²) in [5.41, 5.74) is 1.78. The van der Waals surface area contributed by atoms with E-state index in [1.54, 1.807) is 60.7 Å². The average molecular weight is 531 g/mol. The molecule has 39 heavy (non-hydrogen) atoms. The summed E-state index contributed by atoms with van der Waals surface area (Å²) in [6.07, 6.45) is -4.40. The number of rotatable bonds is 8. The minimum Gasteiger partial charge on any atom is -0.480 e. The van der Waals surface area contributed by atoms with Gasteiger partial charge in [-0.1, -0.05) is 36.4 Å². The standard InChI is InChI=1S/C30H21F3N2O4/c31-30(32,33)24-11-9-22(10-12-24)21-5-7-23(8-6-21)28(36)35-27(29(37)38)17-19-1-13-25(14-2-19)39-26-15-3-20(18-34)4-16-26/h1-16,27H,17H2,(H,35,36)(H,37,38). The molecule has 0 aliphatic carbocycles. The summed E-state index contributed by atoms with van der Waals surface area (Å²) < 4.78 is 44.1. The number of carbonyl (C=O) groups excluding carboxylic acids is 1. The summed E-state index contributed by atoms with van der Waals surface area (Å²) in [6, 6.07) is 25.0. The van der Waals surface area contributed by atoms with Gasteiger partial charge in [-0.2, -0.15) is 18.4 Å². The second-order valence-corrected chi connectivity index (χ2v) is 8.60. The molecule has 0 aromatic heterocycles. The first kappa shape index (κ1) is 26.9. The van der Waals surface area contributed by atoms with Crippen molar-refractivity contribution in [1.82, 2.24) is 5.32 Å². The number of nitrogens with one attached hydrogen (secondary N) is 1. The fraction of sp³-hybridized carbons (Fsp3) is 0.100. The number of aliphatic carboxylic acids is 1. The van der Waals surface area contributed by atoms with Crippen LogP contribution in [0.15, 0.2) is 97.1 Å². The van der Waals surface area contributed by atoms with Crippen LogP contribution in [0.5, 0.6) is 11.5 Å². The van der Waals surface area contributed by atoms with Crippen LogP contribution in [-0.2, 0) is 17.4 Å². The van der Waals surface area contributed by atoms with E-state index in [1.807, 2.05) is 6.07 Å². The van der Waals surface area contributed by atoms with Crippen LogP contribution in [0.4, 0.5) is 13.2 Å². The second-order valence-electron chi connectivity index (χ2n) is 8.60. The third-order valence-electron chi connectivity index (χ3n) is 5.88. The lowest BCUT2D eigenvalue weighted by Gasteiger charge is -2.15. The van der Waals surface area contributed by atoms with Crippen molar-refractivity contribution in [3.05, 3.63) is 119 Å². The molecule has 1 atom stereocenters. The molecule has 196 valence electrons. The van der Waals surface area contributed by atoms with E-state index in [4.69, 9.17) is 10.00 Å². The van der Waals surface area contributed by atoms with E-state index in [0.29, 0.717) is 33.8 Å². The van der Waals surface area contributed by atoms with E-state index in [9.17, 15) is 27.9 Å². The van der Waals surface area contributed by atoms with Gasteiger partial charge in [0.15, 0.2) is 0 Å². The van der Waals surface area contributed by atoms with E-state index in [1.165, 1.54) is 24.3 Å². The molecule has 0 fully saturated rings. The Bertz CT molecular complexity index is 1490. The smallest absolute Gasteiger partial charge is 0.416 e. The summed E-state index contributed by atoms with van der Waals surface area (Å²) in [6.45, 7) is 0. The predicted octanol–water partition coefficient (Wildman–Crippen LogP) is 6.46. The Morgan fingerprint density at radius 1 is 0.821 bits per heavy atom. The van der Waals surface area contributed by atoms with Gasteiger partial charge < -0.3 is 15.2 Å². The van der Waals surface area contributed by atoms with E-state index >= 15 is 0 Å². The largest absolute Gasteiger partial charge is 0.480 e. The van der Waals surface area contributed by atoms with Crippen molar-refractivity contribution in [3.63, 3.8) is 0 Å². The van der Waals surface area contributed by atoms with Crippen LogP contribution in [0.25, 0.3) is 11.1 Å². The van der Waals surface area contributed by atoms with Crippen molar-refractivity contribution in [1.29, 1.82) is 5.26 Å². The molecule has 4 aromatic rings. The third kappa shape index (κ3) is 7.02. The molecule has 0 saturated carbocycles. The first-order valence-corrected chi connectivity index (χ1v) is 11.7. The highest BCUT2D eigenvalue weighted by atomic mass is 19.4. The fourth-order valence-electron chi connectivity index (χ4n) is 3.77. The maximum atomic E-state index is 12.8.